The van der Waals surface area contributed by atoms with Crippen molar-refractivity contribution in [2.45, 2.75) is 13.3 Å². The zero-order valence-corrected chi connectivity index (χ0v) is 9.62. The van der Waals surface area contributed by atoms with Crippen molar-refractivity contribution in [1.29, 1.82) is 5.26 Å². The van der Waals surface area contributed by atoms with E-state index < -0.39 is 11.8 Å². The van der Waals surface area contributed by atoms with E-state index in [-0.39, 0.29) is 29.9 Å². The molecule has 0 saturated carbocycles. The normalized spacial score (nSPS) is 9.53. The molecule has 0 amide bonds. The lowest BCUT2D eigenvalue weighted by molar-refractivity contribution is -0.142. The highest BCUT2D eigenvalue weighted by Gasteiger charge is 2.13. The van der Waals surface area contributed by atoms with E-state index in [1.54, 1.807) is 6.92 Å². The predicted molar refractivity (Wildman–Crippen MR) is 58.0 cm³/mol. The summed E-state index contributed by atoms with van der Waals surface area (Å²) < 4.78 is 23.1. The maximum absolute atomic E-state index is 13.6. The number of benzene rings is 1. The molecule has 0 fully saturated rings. The van der Waals surface area contributed by atoms with Crippen LogP contribution in [0.4, 0.5) is 4.39 Å². The Morgan fingerprint density at radius 2 is 2.24 bits per heavy atom. The molecule has 0 aliphatic carbocycles. The summed E-state index contributed by atoms with van der Waals surface area (Å²) >= 11 is 0. The molecule has 0 bridgehead atoms. The van der Waals surface area contributed by atoms with Gasteiger partial charge >= 0.3 is 5.97 Å². The second kappa shape index (κ2) is 5.85. The summed E-state index contributed by atoms with van der Waals surface area (Å²) in [7, 11) is 1.35. The Balaban J connectivity index is 3.01. The number of nitriles is 1. The molecule has 0 aromatic heterocycles. The zero-order valence-electron chi connectivity index (χ0n) is 9.62. The molecule has 0 aliphatic rings. The van der Waals surface area contributed by atoms with Gasteiger partial charge in [-0.3, -0.25) is 4.79 Å². The number of hydrogen-bond donors (Lipinski definition) is 0. The molecular formula is C12H12FNO3. The first kappa shape index (κ1) is 13.0. The summed E-state index contributed by atoms with van der Waals surface area (Å²) in [6.45, 7) is 1.91. The van der Waals surface area contributed by atoms with Crippen LogP contribution in [0, 0.1) is 17.1 Å². The molecule has 4 nitrogen and oxygen atoms in total. The maximum Gasteiger partial charge on any atom is 0.310 e. The highest BCUT2D eigenvalue weighted by molar-refractivity contribution is 5.73. The average Bonchev–Trinajstić information content (AvgIpc) is 2.31. The van der Waals surface area contributed by atoms with Gasteiger partial charge in [0.1, 0.15) is 17.6 Å². The van der Waals surface area contributed by atoms with E-state index in [2.05, 4.69) is 0 Å². The number of methoxy groups -OCH3 is 1. The van der Waals surface area contributed by atoms with Gasteiger partial charge in [0.15, 0.2) is 0 Å². The van der Waals surface area contributed by atoms with Gasteiger partial charge in [0, 0.05) is 11.6 Å². The summed E-state index contributed by atoms with van der Waals surface area (Å²) in [5, 5.41) is 8.83. The van der Waals surface area contributed by atoms with Crippen LogP contribution in [-0.4, -0.2) is 19.7 Å². The highest BCUT2D eigenvalue weighted by atomic mass is 19.1. The number of carbonyl (C=O) groups excluding carboxylic acids is 1. The molecule has 1 aromatic carbocycles. The Kier molecular flexibility index (Phi) is 4.46. The quantitative estimate of drug-likeness (QED) is 0.749. The molecular weight excluding hydrogens is 225 g/mol. The van der Waals surface area contributed by atoms with Crippen LogP contribution in [0.3, 0.4) is 0 Å². The topological polar surface area (TPSA) is 59.3 Å². The second-order valence-electron chi connectivity index (χ2n) is 3.24. The zero-order chi connectivity index (χ0) is 12.8. The monoisotopic (exact) mass is 237 g/mol. The van der Waals surface area contributed by atoms with Gasteiger partial charge in [-0.1, -0.05) is 0 Å². The van der Waals surface area contributed by atoms with Crippen LogP contribution in [0.2, 0.25) is 0 Å². The molecule has 0 atom stereocenters. The van der Waals surface area contributed by atoms with Crippen molar-refractivity contribution in [3.63, 3.8) is 0 Å². The van der Waals surface area contributed by atoms with Gasteiger partial charge in [-0.05, 0) is 13.0 Å². The van der Waals surface area contributed by atoms with Gasteiger partial charge in [-0.2, -0.15) is 5.26 Å². The Morgan fingerprint density at radius 1 is 1.53 bits per heavy atom. The van der Waals surface area contributed by atoms with Crippen LogP contribution in [0.25, 0.3) is 0 Å². The average molecular weight is 237 g/mol. The van der Waals surface area contributed by atoms with E-state index in [0.29, 0.717) is 0 Å². The van der Waals surface area contributed by atoms with Crippen LogP contribution in [0.1, 0.15) is 18.1 Å². The van der Waals surface area contributed by atoms with Crippen LogP contribution in [0.5, 0.6) is 5.75 Å². The van der Waals surface area contributed by atoms with E-state index in [9.17, 15) is 9.18 Å². The third-order valence-electron chi connectivity index (χ3n) is 2.13. The fourth-order valence-electron chi connectivity index (χ4n) is 1.36. The number of nitrogens with zero attached hydrogens (tertiary/aromatic N) is 1. The number of esters is 1. The van der Waals surface area contributed by atoms with Crippen molar-refractivity contribution >= 4 is 5.97 Å². The molecule has 1 rings (SSSR count). The Hall–Kier alpha value is -2.09. The molecule has 0 spiro atoms. The fraction of sp³-hybridized carbons (Fsp3) is 0.333. The number of halogens is 1. The van der Waals surface area contributed by atoms with Crippen LogP contribution >= 0.6 is 0 Å². The Bertz CT molecular complexity index is 466. The number of ether oxygens (including phenoxy) is 2. The number of carbonyl (C=O) groups is 1. The fourth-order valence-corrected chi connectivity index (χ4v) is 1.36. The molecule has 17 heavy (non-hydrogen) atoms. The summed E-state index contributed by atoms with van der Waals surface area (Å²) in [6, 6.07) is 4.26. The first-order valence-electron chi connectivity index (χ1n) is 5.04. The molecule has 0 N–H and O–H groups in total. The van der Waals surface area contributed by atoms with Gasteiger partial charge in [-0.25, -0.2) is 4.39 Å². The molecule has 0 heterocycles. The Morgan fingerprint density at radius 3 is 2.76 bits per heavy atom. The molecule has 0 saturated heterocycles. The SMILES string of the molecule is CCOC(=O)Cc1cc(C#N)c(OC)cc1F. The van der Waals surface area contributed by atoms with Gasteiger partial charge in [-0.15, -0.1) is 0 Å². The van der Waals surface area contributed by atoms with Gasteiger partial charge < -0.3 is 9.47 Å². The lowest BCUT2D eigenvalue weighted by Gasteiger charge is -2.07. The molecule has 5 heteroatoms. The van der Waals surface area contributed by atoms with E-state index in [0.717, 1.165) is 6.07 Å². The van der Waals surface area contributed by atoms with Crippen molar-refractivity contribution in [1.82, 2.24) is 0 Å². The van der Waals surface area contributed by atoms with Gasteiger partial charge in [0.25, 0.3) is 0 Å². The highest BCUT2D eigenvalue weighted by Crippen LogP contribution is 2.22. The van der Waals surface area contributed by atoms with Crippen LogP contribution in [-0.2, 0) is 16.0 Å². The molecule has 90 valence electrons. The molecule has 1 aromatic rings. The maximum atomic E-state index is 13.6. The lowest BCUT2D eigenvalue weighted by Crippen LogP contribution is -2.09. The second-order valence-corrected chi connectivity index (χ2v) is 3.24. The first-order chi connectivity index (χ1) is 8.12. The lowest BCUT2D eigenvalue weighted by atomic mass is 10.1. The van der Waals surface area contributed by atoms with Crippen molar-refractivity contribution in [2.75, 3.05) is 13.7 Å². The van der Waals surface area contributed by atoms with E-state index in [1.807, 2.05) is 6.07 Å². The molecule has 0 aliphatic heterocycles. The summed E-state index contributed by atoms with van der Waals surface area (Å²) in [4.78, 5) is 11.2. The van der Waals surface area contributed by atoms with Crippen molar-refractivity contribution in [3.05, 3.63) is 29.1 Å². The largest absolute Gasteiger partial charge is 0.495 e. The summed E-state index contributed by atoms with van der Waals surface area (Å²) in [5.74, 6) is -0.966. The minimum absolute atomic E-state index is 0.126. The van der Waals surface area contributed by atoms with Gasteiger partial charge in [0.05, 0.1) is 25.7 Å². The van der Waals surface area contributed by atoms with Crippen LogP contribution < -0.4 is 4.74 Å². The minimum Gasteiger partial charge on any atom is -0.495 e. The third-order valence-corrected chi connectivity index (χ3v) is 2.13. The van der Waals surface area contributed by atoms with E-state index >= 15 is 0 Å². The van der Waals surface area contributed by atoms with Crippen LogP contribution in [0.15, 0.2) is 12.1 Å². The van der Waals surface area contributed by atoms with Crippen molar-refractivity contribution in [3.8, 4) is 11.8 Å². The molecule has 0 unspecified atom stereocenters. The van der Waals surface area contributed by atoms with E-state index in [4.69, 9.17) is 14.7 Å². The van der Waals surface area contributed by atoms with Crippen molar-refractivity contribution < 1.29 is 18.7 Å². The number of hydrogen-bond acceptors (Lipinski definition) is 4. The van der Waals surface area contributed by atoms with Gasteiger partial charge in [0.2, 0.25) is 0 Å². The molecule has 0 radical (unpaired) electrons. The standard InChI is InChI=1S/C12H12FNO3/c1-3-17-12(15)5-8-4-9(7-14)11(16-2)6-10(8)13/h4,6H,3,5H2,1-2H3. The third kappa shape index (κ3) is 3.18. The predicted octanol–water partition coefficient (Wildman–Crippen LogP) is 1.81. The Labute approximate surface area is 98.6 Å². The van der Waals surface area contributed by atoms with E-state index in [1.165, 1.54) is 13.2 Å². The smallest absolute Gasteiger partial charge is 0.310 e. The minimum atomic E-state index is -0.589. The number of rotatable bonds is 4. The first-order valence-corrected chi connectivity index (χ1v) is 5.04. The summed E-state index contributed by atoms with van der Waals surface area (Å²) in [6.07, 6.45) is -0.196. The summed E-state index contributed by atoms with van der Waals surface area (Å²) in [5.41, 5.74) is 0.314. The van der Waals surface area contributed by atoms with Crippen molar-refractivity contribution in [2.24, 2.45) is 0 Å².